The van der Waals surface area contributed by atoms with Crippen LogP contribution in [0.5, 0.6) is 0 Å². The fourth-order valence-electron chi connectivity index (χ4n) is 4.43. The maximum Gasteiger partial charge on any atom is 0.191 e. The second-order valence-corrected chi connectivity index (χ2v) is 8.02. The first-order valence-corrected chi connectivity index (χ1v) is 10.6. The first-order valence-electron chi connectivity index (χ1n) is 10.6. The molecule has 0 spiro atoms. The van der Waals surface area contributed by atoms with Crippen molar-refractivity contribution >= 4 is 29.9 Å². The molecule has 6 nitrogen and oxygen atoms in total. The number of hydrogen-bond acceptors (Lipinski definition) is 3. The zero-order chi connectivity index (χ0) is 19.2. The normalized spacial score (nSPS) is 20.6. The molecule has 1 aliphatic heterocycles. The third-order valence-electron chi connectivity index (χ3n) is 5.96. The minimum Gasteiger partial charge on any atom is -0.352 e. The van der Waals surface area contributed by atoms with Gasteiger partial charge in [0.2, 0.25) is 0 Å². The topological polar surface area (TPSA) is 57.5 Å². The molecule has 2 aromatic rings. The number of hydrogen-bond donors (Lipinski definition) is 2. The van der Waals surface area contributed by atoms with E-state index in [2.05, 4.69) is 56.1 Å². The molecule has 0 amide bonds. The van der Waals surface area contributed by atoms with Crippen molar-refractivity contribution in [2.45, 2.75) is 57.3 Å². The fourth-order valence-corrected chi connectivity index (χ4v) is 4.43. The Morgan fingerprint density at radius 1 is 1.14 bits per heavy atom. The van der Waals surface area contributed by atoms with E-state index in [-0.39, 0.29) is 24.0 Å². The van der Waals surface area contributed by atoms with Crippen molar-refractivity contribution in [1.29, 1.82) is 0 Å². The van der Waals surface area contributed by atoms with E-state index in [1.165, 1.54) is 44.2 Å². The molecule has 29 heavy (non-hydrogen) atoms. The summed E-state index contributed by atoms with van der Waals surface area (Å²) in [6.07, 6.45) is 10.8. The van der Waals surface area contributed by atoms with Crippen LogP contribution in [0.4, 0.5) is 0 Å². The summed E-state index contributed by atoms with van der Waals surface area (Å²) in [5.74, 6) is 0.883. The molecular formula is C22H33IN6. The van der Waals surface area contributed by atoms with Gasteiger partial charge in [-0.2, -0.15) is 5.10 Å². The van der Waals surface area contributed by atoms with Crippen molar-refractivity contribution in [3.63, 3.8) is 0 Å². The van der Waals surface area contributed by atoms with Gasteiger partial charge in [-0.3, -0.25) is 14.6 Å². The number of likely N-dealkylation sites (tertiary alicyclic amines) is 1. The molecule has 2 aliphatic rings. The second-order valence-electron chi connectivity index (χ2n) is 8.02. The summed E-state index contributed by atoms with van der Waals surface area (Å²) >= 11 is 0. The van der Waals surface area contributed by atoms with Crippen molar-refractivity contribution in [3.05, 3.63) is 53.9 Å². The Morgan fingerprint density at radius 2 is 1.93 bits per heavy atom. The zero-order valence-electron chi connectivity index (χ0n) is 17.3. The predicted octanol–water partition coefficient (Wildman–Crippen LogP) is 3.23. The van der Waals surface area contributed by atoms with Crippen LogP contribution in [0, 0.1) is 0 Å². The molecule has 4 rings (SSSR count). The SMILES string of the molecule is CN=C(NCc1cnn(Cc2ccccc2)c1)NC1CCN(C2CCCC2)C1.I. The van der Waals surface area contributed by atoms with Crippen LogP contribution in [0.2, 0.25) is 0 Å². The van der Waals surface area contributed by atoms with Gasteiger partial charge in [0.25, 0.3) is 0 Å². The van der Waals surface area contributed by atoms with E-state index in [1.54, 1.807) is 0 Å². The largest absolute Gasteiger partial charge is 0.352 e. The quantitative estimate of drug-likeness (QED) is 0.358. The summed E-state index contributed by atoms with van der Waals surface area (Å²) in [5.41, 5.74) is 2.42. The maximum atomic E-state index is 4.48. The van der Waals surface area contributed by atoms with Gasteiger partial charge in [-0.15, -0.1) is 24.0 Å². The number of benzene rings is 1. The van der Waals surface area contributed by atoms with E-state index in [0.717, 1.165) is 37.2 Å². The lowest BCUT2D eigenvalue weighted by Crippen LogP contribution is -2.45. The van der Waals surface area contributed by atoms with Gasteiger partial charge in [0.15, 0.2) is 5.96 Å². The third kappa shape index (κ3) is 6.18. The first kappa shape index (κ1) is 22.1. The number of nitrogens with zero attached hydrogens (tertiary/aromatic N) is 4. The highest BCUT2D eigenvalue weighted by Gasteiger charge is 2.30. The summed E-state index contributed by atoms with van der Waals surface area (Å²) in [4.78, 5) is 7.08. The Labute approximate surface area is 191 Å². The number of guanidine groups is 1. The molecule has 0 bridgehead atoms. The lowest BCUT2D eigenvalue weighted by molar-refractivity contribution is 0.242. The molecular weight excluding hydrogens is 475 g/mol. The maximum absolute atomic E-state index is 4.48. The van der Waals surface area contributed by atoms with E-state index in [1.807, 2.05) is 24.0 Å². The lowest BCUT2D eigenvalue weighted by Gasteiger charge is -2.24. The summed E-state index contributed by atoms with van der Waals surface area (Å²) in [5, 5.41) is 11.5. The number of nitrogens with one attached hydrogen (secondary N) is 2. The lowest BCUT2D eigenvalue weighted by atomic mass is 10.2. The van der Waals surface area contributed by atoms with Gasteiger partial charge in [-0.05, 0) is 24.8 Å². The molecule has 0 radical (unpaired) electrons. The molecule has 1 aliphatic carbocycles. The van der Waals surface area contributed by atoms with Crippen molar-refractivity contribution in [3.8, 4) is 0 Å². The highest BCUT2D eigenvalue weighted by Crippen LogP contribution is 2.26. The molecule has 1 unspecified atom stereocenters. The summed E-state index contributed by atoms with van der Waals surface area (Å²) in [7, 11) is 1.85. The Morgan fingerprint density at radius 3 is 2.69 bits per heavy atom. The monoisotopic (exact) mass is 508 g/mol. The average molecular weight is 508 g/mol. The molecule has 1 saturated heterocycles. The van der Waals surface area contributed by atoms with Crippen molar-refractivity contribution < 1.29 is 0 Å². The third-order valence-corrected chi connectivity index (χ3v) is 5.96. The van der Waals surface area contributed by atoms with Crippen molar-refractivity contribution in [1.82, 2.24) is 25.3 Å². The number of aliphatic imine (C=N–C) groups is 1. The van der Waals surface area contributed by atoms with E-state index < -0.39 is 0 Å². The average Bonchev–Trinajstić information content (AvgIpc) is 3.47. The van der Waals surface area contributed by atoms with Crippen molar-refractivity contribution in [2.24, 2.45) is 4.99 Å². The van der Waals surface area contributed by atoms with Gasteiger partial charge in [-0.25, -0.2) is 0 Å². The van der Waals surface area contributed by atoms with Crippen LogP contribution in [-0.2, 0) is 13.1 Å². The number of rotatable bonds is 6. The van der Waals surface area contributed by atoms with Gasteiger partial charge in [-0.1, -0.05) is 43.2 Å². The minimum absolute atomic E-state index is 0. The molecule has 7 heteroatoms. The molecule has 158 valence electrons. The van der Waals surface area contributed by atoms with Gasteiger partial charge < -0.3 is 10.6 Å². The zero-order valence-corrected chi connectivity index (χ0v) is 19.6. The Balaban J connectivity index is 0.00000240. The molecule has 1 aromatic heterocycles. The summed E-state index contributed by atoms with van der Waals surface area (Å²) in [6, 6.07) is 11.7. The van der Waals surface area contributed by atoms with Crippen LogP contribution >= 0.6 is 24.0 Å². The van der Waals surface area contributed by atoms with Gasteiger partial charge in [0, 0.05) is 50.5 Å². The van der Waals surface area contributed by atoms with E-state index >= 15 is 0 Å². The summed E-state index contributed by atoms with van der Waals surface area (Å²) < 4.78 is 1.99. The van der Waals surface area contributed by atoms with E-state index in [4.69, 9.17) is 0 Å². The van der Waals surface area contributed by atoms with Crippen LogP contribution in [0.15, 0.2) is 47.7 Å². The van der Waals surface area contributed by atoms with Crippen LogP contribution in [0.3, 0.4) is 0 Å². The van der Waals surface area contributed by atoms with Crippen LogP contribution in [-0.4, -0.2) is 52.9 Å². The second kappa shape index (κ2) is 11.0. The fraction of sp³-hybridized carbons (Fsp3) is 0.545. The molecule has 1 atom stereocenters. The van der Waals surface area contributed by atoms with Crippen LogP contribution < -0.4 is 10.6 Å². The van der Waals surface area contributed by atoms with Gasteiger partial charge in [0.1, 0.15) is 0 Å². The van der Waals surface area contributed by atoms with Gasteiger partial charge in [0.05, 0.1) is 12.7 Å². The van der Waals surface area contributed by atoms with E-state index in [9.17, 15) is 0 Å². The minimum atomic E-state index is 0. The van der Waals surface area contributed by atoms with Crippen LogP contribution in [0.25, 0.3) is 0 Å². The smallest absolute Gasteiger partial charge is 0.191 e. The predicted molar refractivity (Wildman–Crippen MR) is 129 cm³/mol. The Kier molecular flexibility index (Phi) is 8.35. The summed E-state index contributed by atoms with van der Waals surface area (Å²) in [6.45, 7) is 3.88. The van der Waals surface area contributed by atoms with E-state index in [0.29, 0.717) is 6.04 Å². The van der Waals surface area contributed by atoms with Crippen LogP contribution in [0.1, 0.15) is 43.2 Å². The highest BCUT2D eigenvalue weighted by atomic mass is 127. The molecule has 1 saturated carbocycles. The Hall–Kier alpha value is -1.61. The highest BCUT2D eigenvalue weighted by molar-refractivity contribution is 14.0. The Bertz CT molecular complexity index is 769. The number of aromatic nitrogens is 2. The first-order chi connectivity index (χ1) is 13.8. The molecule has 2 N–H and O–H groups in total. The molecule has 2 fully saturated rings. The van der Waals surface area contributed by atoms with Gasteiger partial charge >= 0.3 is 0 Å². The number of halogens is 1. The molecule has 1 aromatic carbocycles. The van der Waals surface area contributed by atoms with Crippen molar-refractivity contribution in [2.75, 3.05) is 20.1 Å². The standard InChI is InChI=1S/C22H32N6.HI/c1-23-22(26-20-11-12-27(17-20)21-9-5-6-10-21)24-13-19-14-25-28(16-19)15-18-7-3-2-4-8-18;/h2-4,7-8,14,16,20-21H,5-6,9-13,15,17H2,1H3,(H2,23,24,26);1H. The molecule has 2 heterocycles.